The number of hydrogen-bond acceptors (Lipinski definition) is 0. The molecule has 0 aromatic heterocycles. The van der Waals surface area contributed by atoms with Gasteiger partial charge in [0, 0.05) is 0 Å². The maximum Gasteiger partial charge on any atom is 0.435 e. The highest BCUT2D eigenvalue weighted by atomic mass is 79.9. The van der Waals surface area contributed by atoms with Crippen LogP contribution in [0.15, 0.2) is 0 Å². The van der Waals surface area contributed by atoms with Gasteiger partial charge in [0.2, 0.25) is 0 Å². The molecule has 3 heteroatoms. The van der Waals surface area contributed by atoms with Gasteiger partial charge in [0.1, 0.15) is 0 Å². The lowest BCUT2D eigenvalue weighted by Gasteiger charge is -1.48. The van der Waals surface area contributed by atoms with Crippen molar-refractivity contribution in [1.29, 1.82) is 0 Å². The fourth-order valence-corrected chi connectivity index (χ4v) is 0. The molecule has 0 radical (unpaired) electrons. The van der Waals surface area contributed by atoms with Crippen molar-refractivity contribution in [3.63, 3.8) is 0 Å². The maximum absolute atomic E-state index is 3.20. The lowest BCUT2D eigenvalue weighted by Crippen LogP contribution is -1.31. The van der Waals surface area contributed by atoms with Gasteiger partial charge in [-0.15, -0.1) is 0 Å². The van der Waals surface area contributed by atoms with Gasteiger partial charge in [0.05, 0.1) is 0 Å². The van der Waals surface area contributed by atoms with Crippen molar-refractivity contribution in [3.8, 4) is 0 Å². The van der Waals surface area contributed by atoms with E-state index in [2.05, 4.69) is 42.0 Å². The molecule has 0 nitrogen and oxygen atoms in total. The van der Waals surface area contributed by atoms with Crippen molar-refractivity contribution in [2.45, 2.75) is 20.3 Å². The second-order valence-electron chi connectivity index (χ2n) is 0.808. The van der Waals surface area contributed by atoms with Gasteiger partial charge in [-0.05, 0) is 0 Å². The highest BCUT2D eigenvalue weighted by Crippen LogP contribution is 1.77. The molecule has 0 atom stereocenters. The largest absolute Gasteiger partial charge is 0.435 e. The molecular formula is C3H9AlBr2. The minimum atomic E-state index is 0.0417. The summed E-state index contributed by atoms with van der Waals surface area (Å²) in [5.74, 6) is 0. The van der Waals surface area contributed by atoms with Crippen LogP contribution in [0.2, 0.25) is 0 Å². The molecule has 0 heterocycles. The third-order valence-electron chi connectivity index (χ3n) is 0. The van der Waals surface area contributed by atoms with Gasteiger partial charge in [-0.1, -0.05) is 20.3 Å². The van der Waals surface area contributed by atoms with Crippen LogP contribution in [-0.4, -0.2) is 11.6 Å². The first-order chi connectivity index (χ1) is 2.83. The summed E-state index contributed by atoms with van der Waals surface area (Å²) in [4.78, 5) is 0. The summed E-state index contributed by atoms with van der Waals surface area (Å²) in [6, 6.07) is 0. The first-order valence-electron chi connectivity index (χ1n) is 1.95. The second kappa shape index (κ2) is 16.1. The van der Waals surface area contributed by atoms with Crippen LogP contribution in [0, 0.1) is 0 Å². The predicted molar refractivity (Wildman–Crippen MR) is 41.0 cm³/mol. The number of rotatable bonds is 0. The summed E-state index contributed by atoms with van der Waals surface area (Å²) in [5, 5.41) is 0. The lowest BCUT2D eigenvalue weighted by atomic mass is 10.6. The third-order valence-corrected chi connectivity index (χ3v) is 0. The molecule has 0 unspecified atom stereocenters. The molecular weight excluding hydrogens is 223 g/mol. The summed E-state index contributed by atoms with van der Waals surface area (Å²) < 4.78 is 0. The number of halogens is 2. The quantitative estimate of drug-likeness (QED) is 0.562. The van der Waals surface area contributed by atoms with Gasteiger partial charge in [-0.2, -0.15) is 0 Å². The summed E-state index contributed by atoms with van der Waals surface area (Å²) in [7, 11) is 0. The first kappa shape index (κ1) is 10.5. The van der Waals surface area contributed by atoms with E-state index >= 15 is 0 Å². The minimum Gasteiger partial charge on any atom is -0.203 e. The van der Waals surface area contributed by atoms with Crippen LogP contribution in [0.1, 0.15) is 20.3 Å². The molecule has 0 aliphatic carbocycles. The smallest absolute Gasteiger partial charge is 0.203 e. The maximum atomic E-state index is 3.20. The zero-order chi connectivity index (χ0) is 5.41. The summed E-state index contributed by atoms with van der Waals surface area (Å²) in [6.07, 6.45) is 1.25. The van der Waals surface area contributed by atoms with E-state index in [4.69, 9.17) is 0 Å². The van der Waals surface area contributed by atoms with Crippen molar-refractivity contribution < 1.29 is 0 Å². The Bertz CT molecular complexity index is 10.8. The van der Waals surface area contributed by atoms with Gasteiger partial charge in [-0.3, -0.25) is 0 Å². The average molecular weight is 232 g/mol. The van der Waals surface area contributed by atoms with Crippen LogP contribution >= 0.6 is 28.1 Å². The van der Waals surface area contributed by atoms with Crippen molar-refractivity contribution in [2.24, 2.45) is 0 Å². The van der Waals surface area contributed by atoms with E-state index in [1.165, 1.54) is 6.42 Å². The summed E-state index contributed by atoms with van der Waals surface area (Å²) in [6.45, 7) is 4.25. The number of hydrogen-bond donors (Lipinski definition) is 0. The molecule has 0 saturated carbocycles. The van der Waals surface area contributed by atoms with Crippen LogP contribution in [0.3, 0.4) is 0 Å². The molecule has 38 valence electrons. The Kier molecular flexibility index (Phi) is 28.0. The van der Waals surface area contributed by atoms with E-state index in [0.29, 0.717) is 0 Å². The van der Waals surface area contributed by atoms with Crippen LogP contribution in [0.25, 0.3) is 0 Å². The summed E-state index contributed by atoms with van der Waals surface area (Å²) >= 11 is 6.44. The topological polar surface area (TPSA) is 0 Å². The molecule has 0 spiro atoms. The molecule has 0 aromatic rings. The zero-order valence-corrected chi connectivity index (χ0v) is 8.76. The Morgan fingerprint density at radius 1 is 1.33 bits per heavy atom. The van der Waals surface area contributed by atoms with Crippen molar-refractivity contribution in [3.05, 3.63) is 0 Å². The zero-order valence-electron chi connectivity index (χ0n) is 4.17. The Hall–Kier alpha value is 1.49. The molecule has 0 fully saturated rings. The SMILES string of the molecule is CCC.[Br][AlH][Br]. The average Bonchev–Trinajstić information content (AvgIpc) is 1.39. The van der Waals surface area contributed by atoms with E-state index < -0.39 is 0 Å². The second-order valence-corrected chi connectivity index (χ2v) is 8.89. The van der Waals surface area contributed by atoms with Crippen molar-refractivity contribution >= 4 is 39.7 Å². The van der Waals surface area contributed by atoms with E-state index in [0.717, 1.165) is 0 Å². The molecule has 0 aromatic carbocycles. The van der Waals surface area contributed by atoms with Crippen LogP contribution in [0.4, 0.5) is 0 Å². The monoisotopic (exact) mass is 230 g/mol. The third kappa shape index (κ3) is 49.8. The molecule has 0 aliphatic rings. The lowest BCUT2D eigenvalue weighted by molar-refractivity contribution is 1.09. The molecule has 0 N–H and O–H groups in total. The van der Waals surface area contributed by atoms with Gasteiger partial charge >= 0.3 is 11.6 Å². The van der Waals surface area contributed by atoms with E-state index in [9.17, 15) is 0 Å². The van der Waals surface area contributed by atoms with Crippen LogP contribution in [-0.2, 0) is 0 Å². The standard InChI is InChI=1S/C3H8.Al.2BrH.H/c1-3-2;;;;/h3H2,1-2H3;;2*1H;/q;+2;;;/p-2. The minimum absolute atomic E-state index is 0.0417. The molecule has 0 bridgehead atoms. The van der Waals surface area contributed by atoms with Crippen LogP contribution in [0.5, 0.6) is 0 Å². The van der Waals surface area contributed by atoms with Gasteiger partial charge < -0.3 is 0 Å². The fourth-order valence-electron chi connectivity index (χ4n) is 0. The Balaban J connectivity index is 0. The first-order valence-corrected chi connectivity index (χ1v) is 9.75. The van der Waals surface area contributed by atoms with E-state index in [-0.39, 0.29) is 11.6 Å². The Labute approximate surface area is 59.7 Å². The van der Waals surface area contributed by atoms with Gasteiger partial charge in [0.25, 0.3) is 0 Å². The molecule has 0 rings (SSSR count). The Morgan fingerprint density at radius 2 is 1.33 bits per heavy atom. The highest BCUT2D eigenvalue weighted by Gasteiger charge is 1.57. The predicted octanol–water partition coefficient (Wildman–Crippen LogP) is 2.46. The van der Waals surface area contributed by atoms with E-state index in [1.54, 1.807) is 0 Å². The fraction of sp³-hybridized carbons (Fsp3) is 1.00. The van der Waals surface area contributed by atoms with Crippen LogP contribution < -0.4 is 0 Å². The summed E-state index contributed by atoms with van der Waals surface area (Å²) in [5.41, 5.74) is 0. The molecule has 0 saturated heterocycles. The van der Waals surface area contributed by atoms with Gasteiger partial charge in [0.15, 0.2) is 0 Å². The molecule has 0 aliphatic heterocycles. The van der Waals surface area contributed by atoms with Gasteiger partial charge in [-0.25, -0.2) is 28.1 Å². The highest BCUT2D eigenvalue weighted by molar-refractivity contribution is 9.47. The van der Waals surface area contributed by atoms with E-state index in [1.807, 2.05) is 0 Å². The van der Waals surface area contributed by atoms with Crippen molar-refractivity contribution in [2.75, 3.05) is 0 Å². The van der Waals surface area contributed by atoms with Crippen molar-refractivity contribution in [1.82, 2.24) is 0 Å². The molecule has 0 amide bonds. The molecule has 6 heavy (non-hydrogen) atoms. The normalized spacial score (nSPS) is 5.33. The Morgan fingerprint density at radius 3 is 1.33 bits per heavy atom.